The Balaban J connectivity index is 1.51. The molecule has 148 valence electrons. The fourth-order valence-corrected chi connectivity index (χ4v) is 4.45. The molecule has 0 aliphatic carbocycles. The summed E-state index contributed by atoms with van der Waals surface area (Å²) in [6.07, 6.45) is 9.55. The van der Waals surface area contributed by atoms with Gasteiger partial charge in [0.1, 0.15) is 0 Å². The van der Waals surface area contributed by atoms with E-state index in [9.17, 15) is 0 Å². The van der Waals surface area contributed by atoms with Crippen LogP contribution in [0.1, 0.15) is 17.4 Å². The van der Waals surface area contributed by atoms with Crippen LogP contribution >= 0.6 is 11.3 Å². The molecule has 0 aliphatic rings. The van der Waals surface area contributed by atoms with Crippen LogP contribution in [0.3, 0.4) is 0 Å². The Morgan fingerprint density at radius 3 is 2.53 bits per heavy atom. The van der Waals surface area contributed by atoms with Gasteiger partial charge in [0.25, 0.3) is 0 Å². The zero-order chi connectivity index (χ0) is 20.6. The minimum absolute atomic E-state index is 0.904. The van der Waals surface area contributed by atoms with Crippen LogP contribution in [0.2, 0.25) is 0 Å². The Morgan fingerprint density at radius 1 is 0.867 bits per heavy atom. The average molecular weight is 408 g/mol. The van der Waals surface area contributed by atoms with Crippen molar-refractivity contribution in [1.82, 2.24) is 4.98 Å². The molecule has 0 aliphatic heterocycles. The molecular formula is C28H25NS. The summed E-state index contributed by atoms with van der Waals surface area (Å²) in [6, 6.07) is 31.9. The maximum atomic E-state index is 3.34. The van der Waals surface area contributed by atoms with Crippen LogP contribution in [-0.4, -0.2) is 4.98 Å². The van der Waals surface area contributed by atoms with E-state index >= 15 is 0 Å². The van der Waals surface area contributed by atoms with Crippen molar-refractivity contribution >= 4 is 27.8 Å². The quantitative estimate of drug-likeness (QED) is 0.321. The predicted octanol–water partition coefficient (Wildman–Crippen LogP) is 8.22. The first-order chi connectivity index (χ1) is 14.8. The van der Waals surface area contributed by atoms with E-state index in [1.54, 1.807) is 0 Å². The van der Waals surface area contributed by atoms with Crippen LogP contribution in [0.25, 0.3) is 26.9 Å². The summed E-state index contributed by atoms with van der Waals surface area (Å²) in [5, 5.41) is 1.20. The first-order valence-electron chi connectivity index (χ1n) is 10.2. The largest absolute Gasteiger partial charge is 0.361 e. The van der Waals surface area contributed by atoms with Crippen LogP contribution < -0.4 is 0 Å². The molecule has 0 amide bonds. The number of aromatic nitrogens is 1. The Bertz CT molecular complexity index is 1220. The second kappa shape index (κ2) is 9.91. The lowest BCUT2D eigenvalue weighted by molar-refractivity contribution is 1.28. The molecule has 2 heterocycles. The monoisotopic (exact) mass is 407 g/mol. The Kier molecular flexibility index (Phi) is 6.58. The van der Waals surface area contributed by atoms with E-state index in [2.05, 4.69) is 103 Å². The van der Waals surface area contributed by atoms with E-state index < -0.39 is 0 Å². The molecule has 1 N–H and O–H groups in total. The summed E-state index contributed by atoms with van der Waals surface area (Å²) in [5.74, 6) is 0. The van der Waals surface area contributed by atoms with Crippen molar-refractivity contribution in [3.8, 4) is 10.4 Å². The number of aromatic amines is 1. The van der Waals surface area contributed by atoms with Gasteiger partial charge >= 0.3 is 0 Å². The number of nitrogens with one attached hydrogen (secondary N) is 1. The highest BCUT2D eigenvalue weighted by molar-refractivity contribution is 7.16. The van der Waals surface area contributed by atoms with Gasteiger partial charge in [0, 0.05) is 21.5 Å². The second-order valence-corrected chi connectivity index (χ2v) is 8.13. The van der Waals surface area contributed by atoms with Gasteiger partial charge in [0.05, 0.1) is 0 Å². The van der Waals surface area contributed by atoms with Crippen molar-refractivity contribution in [2.75, 3.05) is 0 Å². The van der Waals surface area contributed by atoms with Crippen molar-refractivity contribution in [1.29, 1.82) is 0 Å². The normalized spacial score (nSPS) is 11.7. The molecule has 0 radical (unpaired) electrons. The van der Waals surface area contributed by atoms with Crippen molar-refractivity contribution in [3.63, 3.8) is 0 Å². The number of hydrogen-bond acceptors (Lipinski definition) is 1. The summed E-state index contributed by atoms with van der Waals surface area (Å²) < 4.78 is 0. The third-order valence-corrected chi connectivity index (χ3v) is 6.15. The topological polar surface area (TPSA) is 15.8 Å². The molecule has 4 rings (SSSR count). The van der Waals surface area contributed by atoms with Gasteiger partial charge in [-0.25, -0.2) is 0 Å². The highest BCUT2D eigenvalue weighted by atomic mass is 32.1. The molecule has 2 heteroatoms. The maximum absolute atomic E-state index is 3.34. The highest BCUT2D eigenvalue weighted by Gasteiger charge is 2.04. The number of H-pyrrole nitrogens is 1. The van der Waals surface area contributed by atoms with Crippen molar-refractivity contribution in [2.45, 2.75) is 13.3 Å². The number of benzene rings is 2. The summed E-state index contributed by atoms with van der Waals surface area (Å²) in [7, 11) is 0. The number of allylic oxidation sites excluding steroid dienone is 4. The van der Waals surface area contributed by atoms with Crippen LogP contribution in [0.15, 0.2) is 115 Å². The number of rotatable bonds is 5. The van der Waals surface area contributed by atoms with Gasteiger partial charge in [-0.3, -0.25) is 0 Å². The molecule has 2 aromatic heterocycles. The number of fused-ring (bicyclic) bond motifs is 1. The molecular weight excluding hydrogens is 382 g/mol. The van der Waals surface area contributed by atoms with E-state index in [0.29, 0.717) is 0 Å². The van der Waals surface area contributed by atoms with Gasteiger partial charge in [-0.2, -0.15) is 0 Å². The first-order valence-corrected chi connectivity index (χ1v) is 11.0. The van der Waals surface area contributed by atoms with Crippen molar-refractivity contribution in [3.05, 3.63) is 126 Å². The molecule has 1 nitrogen and oxygen atoms in total. The van der Waals surface area contributed by atoms with Gasteiger partial charge in [-0.05, 0) is 65.8 Å². The van der Waals surface area contributed by atoms with Crippen LogP contribution in [0.4, 0.5) is 0 Å². The van der Waals surface area contributed by atoms with E-state index in [4.69, 9.17) is 0 Å². The Morgan fingerprint density at radius 2 is 1.67 bits per heavy atom. The van der Waals surface area contributed by atoms with Gasteiger partial charge in [0.15, 0.2) is 0 Å². The van der Waals surface area contributed by atoms with Crippen LogP contribution in [-0.2, 0) is 6.42 Å². The maximum Gasteiger partial charge on any atom is 0.0453 e. The molecule has 4 aromatic rings. The predicted molar refractivity (Wildman–Crippen MR) is 132 cm³/mol. The molecule has 30 heavy (non-hydrogen) atoms. The Hall–Kier alpha value is -3.36. The molecule has 0 atom stereocenters. The molecule has 0 saturated heterocycles. The lowest BCUT2D eigenvalue weighted by atomic mass is 10.1. The molecule has 0 saturated carbocycles. The third kappa shape index (κ3) is 4.97. The van der Waals surface area contributed by atoms with Gasteiger partial charge < -0.3 is 4.98 Å². The van der Waals surface area contributed by atoms with Crippen LogP contribution in [0, 0.1) is 0 Å². The Labute approximate surface area is 182 Å². The van der Waals surface area contributed by atoms with E-state index in [-0.39, 0.29) is 0 Å². The second-order valence-electron chi connectivity index (χ2n) is 7.05. The SMILES string of the molecule is C/C=C(\C=C/Cc1ccc2[nH]ccccccc2c1)c1ccc(-c2ccccc2)s1. The number of thiophene rings is 1. The summed E-state index contributed by atoms with van der Waals surface area (Å²) in [4.78, 5) is 5.95. The highest BCUT2D eigenvalue weighted by Crippen LogP contribution is 2.32. The van der Waals surface area contributed by atoms with E-state index in [1.165, 1.54) is 31.8 Å². The fraction of sp³-hybridized carbons (Fsp3) is 0.0714. The summed E-state index contributed by atoms with van der Waals surface area (Å²) >= 11 is 1.84. The minimum Gasteiger partial charge on any atom is -0.361 e. The summed E-state index contributed by atoms with van der Waals surface area (Å²) in [6.45, 7) is 2.10. The van der Waals surface area contributed by atoms with E-state index in [1.807, 2.05) is 35.7 Å². The molecule has 0 unspecified atom stereocenters. The lowest BCUT2D eigenvalue weighted by Gasteiger charge is -2.01. The zero-order valence-electron chi connectivity index (χ0n) is 17.1. The average Bonchev–Trinajstić information content (AvgIpc) is 3.30. The zero-order valence-corrected chi connectivity index (χ0v) is 17.9. The molecule has 0 bridgehead atoms. The molecule has 0 spiro atoms. The smallest absolute Gasteiger partial charge is 0.0453 e. The fourth-order valence-electron chi connectivity index (χ4n) is 3.38. The van der Waals surface area contributed by atoms with E-state index in [0.717, 1.165) is 11.9 Å². The standard InChI is InChI=1S/C28H25NS/c1-2-23(27-18-19-28(30-27)24-12-7-5-8-13-24)15-10-11-22-16-17-26-25(21-22)14-6-3-4-9-20-29-26/h2-10,12-21,29H,11H2,1H3/b4-3?,14-6?,15-10-,20-9?,23-2+. The van der Waals surface area contributed by atoms with Crippen molar-refractivity contribution in [2.24, 2.45) is 0 Å². The minimum atomic E-state index is 0.904. The molecule has 2 aromatic carbocycles. The molecule has 0 fully saturated rings. The van der Waals surface area contributed by atoms with Crippen LogP contribution in [0.5, 0.6) is 0 Å². The lowest BCUT2D eigenvalue weighted by Crippen LogP contribution is -1.83. The number of hydrogen-bond donors (Lipinski definition) is 1. The van der Waals surface area contributed by atoms with Gasteiger partial charge in [-0.15, -0.1) is 11.3 Å². The third-order valence-electron chi connectivity index (χ3n) is 4.97. The summed E-state index contributed by atoms with van der Waals surface area (Å²) in [5.41, 5.74) is 4.97. The van der Waals surface area contributed by atoms with Crippen molar-refractivity contribution < 1.29 is 0 Å². The van der Waals surface area contributed by atoms with Gasteiger partial charge in [0.2, 0.25) is 0 Å². The first kappa shape index (κ1) is 19.9. The van der Waals surface area contributed by atoms with Gasteiger partial charge in [-0.1, -0.05) is 78.9 Å².